The van der Waals surface area contributed by atoms with Gasteiger partial charge in [0, 0.05) is 42.3 Å². The Balaban J connectivity index is 1.40. The summed E-state index contributed by atoms with van der Waals surface area (Å²) < 4.78 is 43.6. The normalized spacial score (nSPS) is 13.6. The number of hydrogen-bond acceptors (Lipinski definition) is 6. The quantitative estimate of drug-likeness (QED) is 0.355. The number of fused-ring (bicyclic) bond motifs is 1. The molecule has 2 unspecified atom stereocenters. The molecule has 8 nitrogen and oxygen atoms in total. The second-order valence-electron chi connectivity index (χ2n) is 8.20. The molecule has 0 saturated carbocycles. The van der Waals surface area contributed by atoms with Crippen LogP contribution in [0.3, 0.4) is 0 Å². The van der Waals surface area contributed by atoms with Crippen molar-refractivity contribution in [2.75, 3.05) is 0 Å². The number of carbonyl (C=O) groups excluding carboxylic acids is 1. The van der Waals surface area contributed by atoms with Gasteiger partial charge in [-0.2, -0.15) is 23.4 Å². The number of nitrogens with two attached hydrogens (primary N) is 1. The lowest BCUT2D eigenvalue weighted by Crippen LogP contribution is -2.49. The molecule has 1 amide bonds. The second kappa shape index (κ2) is 9.21. The summed E-state index contributed by atoms with van der Waals surface area (Å²) in [6.07, 6.45) is 4.07. The van der Waals surface area contributed by atoms with Gasteiger partial charge in [0.2, 0.25) is 0 Å². The van der Waals surface area contributed by atoms with Crippen LogP contribution in [0.25, 0.3) is 27.9 Å². The SMILES string of the molecule is Cn1cc(-c2cnc3c(-c4csc(C(=O)NC(c5ccccc5)C(N)C(F)(F)F)c4)cnn3c2)cn1. The average Bonchev–Trinajstić information content (AvgIpc) is 3.61. The zero-order chi connectivity index (χ0) is 25.4. The first-order valence-corrected chi connectivity index (χ1v) is 11.7. The van der Waals surface area contributed by atoms with Crippen molar-refractivity contribution in [1.29, 1.82) is 0 Å². The zero-order valence-corrected chi connectivity index (χ0v) is 19.7. The third-order valence-corrected chi connectivity index (χ3v) is 6.64. The van der Waals surface area contributed by atoms with E-state index >= 15 is 0 Å². The van der Waals surface area contributed by atoms with Crippen molar-refractivity contribution in [3.63, 3.8) is 0 Å². The lowest BCUT2D eigenvalue weighted by atomic mass is 9.99. The topological polar surface area (TPSA) is 103 Å². The fraction of sp³-hybridized carbons (Fsp3) is 0.167. The van der Waals surface area contributed by atoms with E-state index in [2.05, 4.69) is 20.5 Å². The van der Waals surface area contributed by atoms with E-state index in [0.717, 1.165) is 22.5 Å². The molecule has 1 aromatic carbocycles. The Kier molecular flexibility index (Phi) is 6.06. The molecule has 36 heavy (non-hydrogen) atoms. The van der Waals surface area contributed by atoms with E-state index in [4.69, 9.17) is 5.73 Å². The monoisotopic (exact) mass is 511 g/mol. The fourth-order valence-electron chi connectivity index (χ4n) is 3.84. The Bertz CT molecular complexity index is 1520. The number of hydrogen-bond donors (Lipinski definition) is 2. The standard InChI is InChI=1S/C24H20F3N7OS/c1-33-11-17(9-30-33)16-8-29-22-18(10-31-34(22)12-16)15-7-19(36-13-15)23(35)32-20(21(28)24(25,26)27)14-5-3-2-4-6-14/h2-13,20-21H,28H2,1H3,(H,32,35). The van der Waals surface area contributed by atoms with Gasteiger partial charge in [-0.3, -0.25) is 9.48 Å². The summed E-state index contributed by atoms with van der Waals surface area (Å²) in [5.41, 5.74) is 9.43. The maximum atomic E-state index is 13.4. The number of alkyl halides is 3. The highest BCUT2D eigenvalue weighted by Gasteiger charge is 2.43. The van der Waals surface area contributed by atoms with Gasteiger partial charge in [-0.05, 0) is 22.6 Å². The van der Waals surface area contributed by atoms with E-state index in [1.165, 1.54) is 12.1 Å². The maximum absolute atomic E-state index is 13.4. The first kappa shape index (κ1) is 23.7. The Morgan fingerprint density at radius 3 is 2.50 bits per heavy atom. The molecule has 184 valence electrons. The number of aromatic nitrogens is 5. The summed E-state index contributed by atoms with van der Waals surface area (Å²) in [4.78, 5) is 17.7. The molecule has 0 aliphatic heterocycles. The molecule has 0 radical (unpaired) electrons. The fourth-order valence-corrected chi connectivity index (χ4v) is 4.65. The molecular formula is C24H20F3N7OS. The van der Waals surface area contributed by atoms with Gasteiger partial charge in [-0.15, -0.1) is 11.3 Å². The van der Waals surface area contributed by atoms with Crippen LogP contribution in [0.1, 0.15) is 21.3 Å². The molecule has 0 saturated heterocycles. The van der Waals surface area contributed by atoms with Gasteiger partial charge >= 0.3 is 6.18 Å². The van der Waals surface area contributed by atoms with Gasteiger partial charge in [0.15, 0.2) is 5.65 Å². The highest BCUT2D eigenvalue weighted by atomic mass is 32.1. The van der Waals surface area contributed by atoms with E-state index in [0.29, 0.717) is 16.8 Å². The van der Waals surface area contributed by atoms with E-state index in [-0.39, 0.29) is 10.4 Å². The molecule has 12 heteroatoms. The van der Waals surface area contributed by atoms with Crippen LogP contribution in [0.4, 0.5) is 13.2 Å². The third-order valence-electron chi connectivity index (χ3n) is 5.71. The van der Waals surface area contributed by atoms with E-state index < -0.39 is 24.2 Å². The summed E-state index contributed by atoms with van der Waals surface area (Å²) in [5.74, 6) is -0.650. The van der Waals surface area contributed by atoms with Crippen molar-refractivity contribution in [3.05, 3.63) is 83.2 Å². The Labute approximate surface area is 207 Å². The predicted octanol–water partition coefficient (Wildman–Crippen LogP) is 4.22. The molecule has 0 fully saturated rings. The smallest absolute Gasteiger partial charge is 0.343 e. The van der Waals surface area contributed by atoms with E-state index in [9.17, 15) is 18.0 Å². The molecule has 0 aliphatic carbocycles. The average molecular weight is 512 g/mol. The molecule has 5 aromatic rings. The summed E-state index contributed by atoms with van der Waals surface area (Å²) in [7, 11) is 1.82. The first-order chi connectivity index (χ1) is 17.2. The van der Waals surface area contributed by atoms with Crippen molar-refractivity contribution in [2.45, 2.75) is 18.3 Å². The summed E-state index contributed by atoms with van der Waals surface area (Å²) in [6, 6.07) is 5.78. The highest BCUT2D eigenvalue weighted by molar-refractivity contribution is 7.12. The van der Waals surface area contributed by atoms with Gasteiger partial charge in [0.05, 0.1) is 23.3 Å². The van der Waals surface area contributed by atoms with Crippen LogP contribution in [-0.4, -0.2) is 42.5 Å². The molecule has 2 atom stereocenters. The van der Waals surface area contributed by atoms with Crippen molar-refractivity contribution in [1.82, 2.24) is 29.7 Å². The van der Waals surface area contributed by atoms with Gasteiger partial charge in [0.1, 0.15) is 6.04 Å². The van der Waals surface area contributed by atoms with Crippen molar-refractivity contribution in [2.24, 2.45) is 12.8 Å². The summed E-state index contributed by atoms with van der Waals surface area (Å²) >= 11 is 1.11. The van der Waals surface area contributed by atoms with Crippen LogP contribution >= 0.6 is 11.3 Å². The van der Waals surface area contributed by atoms with Crippen molar-refractivity contribution >= 4 is 22.9 Å². The number of amides is 1. The summed E-state index contributed by atoms with van der Waals surface area (Å²) in [5, 5.41) is 12.7. The van der Waals surface area contributed by atoms with Crippen LogP contribution in [0.2, 0.25) is 0 Å². The molecule has 4 aromatic heterocycles. The van der Waals surface area contributed by atoms with Crippen LogP contribution in [0.5, 0.6) is 0 Å². The molecular weight excluding hydrogens is 491 g/mol. The molecule has 5 rings (SSSR count). The number of benzene rings is 1. The third kappa shape index (κ3) is 4.60. The second-order valence-corrected chi connectivity index (χ2v) is 9.11. The van der Waals surface area contributed by atoms with Gasteiger partial charge < -0.3 is 11.1 Å². The number of aryl methyl sites for hydroxylation is 1. The predicted molar refractivity (Wildman–Crippen MR) is 129 cm³/mol. The number of thiophene rings is 1. The Morgan fingerprint density at radius 2 is 1.81 bits per heavy atom. The lowest BCUT2D eigenvalue weighted by Gasteiger charge is -2.27. The van der Waals surface area contributed by atoms with Crippen LogP contribution in [0, 0.1) is 0 Å². The molecule has 0 spiro atoms. The molecule has 0 bridgehead atoms. The number of nitrogens with zero attached hydrogens (tertiary/aromatic N) is 5. The van der Waals surface area contributed by atoms with Crippen molar-refractivity contribution < 1.29 is 18.0 Å². The maximum Gasteiger partial charge on any atom is 0.405 e. The Hall–Kier alpha value is -4.03. The van der Waals surface area contributed by atoms with E-state index in [1.807, 2.05) is 19.4 Å². The number of halogens is 3. The highest BCUT2D eigenvalue weighted by Crippen LogP contribution is 2.32. The van der Waals surface area contributed by atoms with Crippen LogP contribution in [-0.2, 0) is 7.05 Å². The van der Waals surface area contributed by atoms with Gasteiger partial charge in [-0.25, -0.2) is 9.50 Å². The number of nitrogens with one attached hydrogen (secondary N) is 1. The van der Waals surface area contributed by atoms with Crippen LogP contribution in [0.15, 0.2) is 72.8 Å². The largest absolute Gasteiger partial charge is 0.405 e. The van der Waals surface area contributed by atoms with E-state index in [1.54, 1.807) is 57.4 Å². The number of carbonyl (C=O) groups is 1. The van der Waals surface area contributed by atoms with Gasteiger partial charge in [-0.1, -0.05) is 30.3 Å². The lowest BCUT2D eigenvalue weighted by molar-refractivity contribution is -0.153. The minimum atomic E-state index is -4.69. The first-order valence-electron chi connectivity index (χ1n) is 10.8. The molecule has 3 N–H and O–H groups in total. The Morgan fingerprint density at radius 1 is 1.06 bits per heavy atom. The minimum Gasteiger partial charge on any atom is -0.343 e. The van der Waals surface area contributed by atoms with Crippen molar-refractivity contribution in [3.8, 4) is 22.3 Å². The zero-order valence-electron chi connectivity index (χ0n) is 18.8. The van der Waals surface area contributed by atoms with Crippen LogP contribution < -0.4 is 11.1 Å². The molecule has 4 heterocycles. The van der Waals surface area contributed by atoms with Gasteiger partial charge in [0.25, 0.3) is 5.91 Å². The minimum absolute atomic E-state index is 0.242. The summed E-state index contributed by atoms with van der Waals surface area (Å²) in [6.45, 7) is 0. The molecule has 0 aliphatic rings. The number of rotatable bonds is 6.